The third kappa shape index (κ3) is 1.78. The minimum absolute atomic E-state index is 0.000833. The van der Waals surface area contributed by atoms with E-state index < -0.39 is 0 Å². The van der Waals surface area contributed by atoms with Crippen molar-refractivity contribution in [3.05, 3.63) is 0 Å². The summed E-state index contributed by atoms with van der Waals surface area (Å²) in [4.78, 5) is 14.0. The number of hydrogen-bond donors (Lipinski definition) is 0. The standard InChI is InChI=1S/C11H19NO2/c1-2-14-11(13)10-7-3-5-9-6-4-8-12(9)10/h9-10H,2-8H2,1H3/t9?,10-/m0/s1. The molecule has 14 heavy (non-hydrogen) atoms. The van der Waals surface area contributed by atoms with Crippen molar-refractivity contribution in [1.82, 2.24) is 4.90 Å². The van der Waals surface area contributed by atoms with E-state index in [2.05, 4.69) is 4.90 Å². The Bertz CT molecular complexity index is 217. The Morgan fingerprint density at radius 3 is 2.93 bits per heavy atom. The van der Waals surface area contributed by atoms with Crippen molar-refractivity contribution in [3.8, 4) is 0 Å². The lowest BCUT2D eigenvalue weighted by Gasteiger charge is -2.35. The van der Waals surface area contributed by atoms with Crippen molar-refractivity contribution in [2.75, 3.05) is 13.2 Å². The number of nitrogens with zero attached hydrogens (tertiary/aromatic N) is 1. The smallest absolute Gasteiger partial charge is 0.323 e. The molecule has 2 aliphatic heterocycles. The Hall–Kier alpha value is -0.570. The maximum atomic E-state index is 11.7. The van der Waals surface area contributed by atoms with E-state index in [-0.39, 0.29) is 12.0 Å². The van der Waals surface area contributed by atoms with Crippen LogP contribution in [0, 0.1) is 0 Å². The van der Waals surface area contributed by atoms with Gasteiger partial charge < -0.3 is 4.74 Å². The molecule has 2 fully saturated rings. The van der Waals surface area contributed by atoms with E-state index in [1.807, 2.05) is 6.92 Å². The number of piperidine rings is 1. The van der Waals surface area contributed by atoms with Crippen LogP contribution in [0.1, 0.15) is 39.0 Å². The first-order chi connectivity index (χ1) is 6.83. The fraction of sp³-hybridized carbons (Fsp3) is 0.909. The number of rotatable bonds is 2. The second-order valence-corrected chi connectivity index (χ2v) is 4.23. The average molecular weight is 197 g/mol. The highest BCUT2D eigenvalue weighted by molar-refractivity contribution is 5.76. The van der Waals surface area contributed by atoms with Gasteiger partial charge in [-0.15, -0.1) is 0 Å². The van der Waals surface area contributed by atoms with Gasteiger partial charge in [0.2, 0.25) is 0 Å². The first-order valence-electron chi connectivity index (χ1n) is 5.75. The van der Waals surface area contributed by atoms with E-state index in [1.165, 1.54) is 25.7 Å². The van der Waals surface area contributed by atoms with Gasteiger partial charge in [-0.3, -0.25) is 9.69 Å². The number of carbonyl (C=O) groups is 1. The molecule has 0 aromatic heterocycles. The minimum Gasteiger partial charge on any atom is -0.465 e. The molecular weight excluding hydrogens is 178 g/mol. The largest absolute Gasteiger partial charge is 0.465 e. The SMILES string of the molecule is CCOC(=O)[C@@H]1CCCC2CCCN21. The van der Waals surface area contributed by atoms with Gasteiger partial charge in [0.25, 0.3) is 0 Å². The summed E-state index contributed by atoms with van der Waals surface area (Å²) in [6.07, 6.45) is 5.98. The van der Waals surface area contributed by atoms with Crippen LogP contribution < -0.4 is 0 Å². The average Bonchev–Trinajstić information content (AvgIpc) is 2.65. The lowest BCUT2D eigenvalue weighted by Crippen LogP contribution is -2.47. The molecule has 0 aliphatic carbocycles. The summed E-state index contributed by atoms with van der Waals surface area (Å²) in [6.45, 7) is 3.48. The van der Waals surface area contributed by atoms with Crippen LogP contribution in [0.2, 0.25) is 0 Å². The van der Waals surface area contributed by atoms with Crippen molar-refractivity contribution < 1.29 is 9.53 Å². The predicted octanol–water partition coefficient (Wildman–Crippen LogP) is 1.57. The Balaban J connectivity index is 1.99. The molecule has 0 spiro atoms. The van der Waals surface area contributed by atoms with Gasteiger partial charge in [0, 0.05) is 6.04 Å². The highest BCUT2D eigenvalue weighted by Gasteiger charge is 2.38. The molecule has 1 unspecified atom stereocenters. The van der Waals surface area contributed by atoms with Crippen LogP contribution >= 0.6 is 0 Å². The molecule has 80 valence electrons. The lowest BCUT2D eigenvalue weighted by molar-refractivity contribution is -0.151. The van der Waals surface area contributed by atoms with Gasteiger partial charge in [-0.2, -0.15) is 0 Å². The molecule has 0 N–H and O–H groups in total. The van der Waals surface area contributed by atoms with Gasteiger partial charge in [-0.25, -0.2) is 0 Å². The summed E-state index contributed by atoms with van der Waals surface area (Å²) in [7, 11) is 0. The van der Waals surface area contributed by atoms with Gasteiger partial charge in [-0.1, -0.05) is 0 Å². The third-order valence-corrected chi connectivity index (χ3v) is 3.40. The van der Waals surface area contributed by atoms with Crippen LogP contribution in [0.4, 0.5) is 0 Å². The maximum Gasteiger partial charge on any atom is 0.323 e. The zero-order valence-electron chi connectivity index (χ0n) is 8.87. The van der Waals surface area contributed by atoms with Crippen LogP contribution in [0.3, 0.4) is 0 Å². The molecule has 0 aromatic rings. The molecule has 2 saturated heterocycles. The van der Waals surface area contributed by atoms with Crippen molar-refractivity contribution in [2.24, 2.45) is 0 Å². The van der Waals surface area contributed by atoms with E-state index in [0.717, 1.165) is 13.0 Å². The molecule has 0 saturated carbocycles. The summed E-state index contributed by atoms with van der Waals surface area (Å²) in [5.74, 6) is -0.000833. The molecule has 2 atom stereocenters. The molecule has 2 rings (SSSR count). The van der Waals surface area contributed by atoms with Crippen molar-refractivity contribution >= 4 is 5.97 Å². The first-order valence-corrected chi connectivity index (χ1v) is 5.75. The topological polar surface area (TPSA) is 29.5 Å². The summed E-state index contributed by atoms with van der Waals surface area (Å²) in [5, 5.41) is 0. The molecule has 0 bridgehead atoms. The van der Waals surface area contributed by atoms with Gasteiger partial charge >= 0.3 is 5.97 Å². The van der Waals surface area contributed by atoms with Gasteiger partial charge in [-0.05, 0) is 45.6 Å². The minimum atomic E-state index is -0.000833. The lowest BCUT2D eigenvalue weighted by atomic mass is 9.97. The number of fused-ring (bicyclic) bond motifs is 1. The fourth-order valence-electron chi connectivity index (χ4n) is 2.78. The molecule has 2 heterocycles. The zero-order valence-corrected chi connectivity index (χ0v) is 8.87. The molecular formula is C11H19NO2. The number of esters is 1. The Kier molecular flexibility index (Phi) is 3.06. The fourth-order valence-corrected chi connectivity index (χ4v) is 2.78. The van der Waals surface area contributed by atoms with E-state index in [4.69, 9.17) is 4.74 Å². The summed E-state index contributed by atoms with van der Waals surface area (Å²) < 4.78 is 5.11. The zero-order chi connectivity index (χ0) is 9.97. The monoisotopic (exact) mass is 197 g/mol. The highest BCUT2D eigenvalue weighted by Crippen LogP contribution is 2.31. The summed E-state index contributed by atoms with van der Waals surface area (Å²) in [5.41, 5.74) is 0. The molecule has 2 aliphatic rings. The van der Waals surface area contributed by atoms with Crippen molar-refractivity contribution in [3.63, 3.8) is 0 Å². The van der Waals surface area contributed by atoms with E-state index >= 15 is 0 Å². The molecule has 3 heteroatoms. The van der Waals surface area contributed by atoms with Gasteiger partial charge in [0.05, 0.1) is 6.61 Å². The van der Waals surface area contributed by atoms with Gasteiger partial charge in [0.15, 0.2) is 0 Å². The molecule has 0 amide bonds. The summed E-state index contributed by atoms with van der Waals surface area (Å²) in [6, 6.07) is 0.731. The predicted molar refractivity (Wildman–Crippen MR) is 54.0 cm³/mol. The number of hydrogen-bond acceptors (Lipinski definition) is 3. The third-order valence-electron chi connectivity index (χ3n) is 3.40. The normalized spacial score (nSPS) is 32.6. The Labute approximate surface area is 85.4 Å². The first kappa shape index (κ1) is 9.97. The van der Waals surface area contributed by atoms with Crippen LogP contribution in [-0.4, -0.2) is 36.1 Å². The van der Waals surface area contributed by atoms with Crippen molar-refractivity contribution in [1.29, 1.82) is 0 Å². The Morgan fingerprint density at radius 1 is 1.36 bits per heavy atom. The number of carbonyl (C=O) groups excluding carboxylic acids is 1. The summed E-state index contributed by atoms with van der Waals surface area (Å²) >= 11 is 0. The van der Waals surface area contributed by atoms with Crippen LogP contribution in [0.25, 0.3) is 0 Å². The van der Waals surface area contributed by atoms with E-state index in [0.29, 0.717) is 12.6 Å². The molecule has 3 nitrogen and oxygen atoms in total. The molecule has 0 aromatic carbocycles. The van der Waals surface area contributed by atoms with Gasteiger partial charge in [0.1, 0.15) is 6.04 Å². The van der Waals surface area contributed by atoms with Crippen LogP contribution in [-0.2, 0) is 9.53 Å². The maximum absolute atomic E-state index is 11.7. The highest BCUT2D eigenvalue weighted by atomic mass is 16.5. The van der Waals surface area contributed by atoms with Crippen LogP contribution in [0.15, 0.2) is 0 Å². The van der Waals surface area contributed by atoms with Crippen LogP contribution in [0.5, 0.6) is 0 Å². The molecule has 0 radical (unpaired) electrons. The van der Waals surface area contributed by atoms with E-state index in [1.54, 1.807) is 0 Å². The van der Waals surface area contributed by atoms with E-state index in [9.17, 15) is 4.79 Å². The Morgan fingerprint density at radius 2 is 2.14 bits per heavy atom. The second-order valence-electron chi connectivity index (χ2n) is 4.23. The quantitative estimate of drug-likeness (QED) is 0.629. The second kappa shape index (κ2) is 4.30. The number of ether oxygens (including phenoxy) is 1. The van der Waals surface area contributed by atoms with Crippen molar-refractivity contribution in [2.45, 2.75) is 51.1 Å².